The van der Waals surface area contributed by atoms with E-state index in [0.717, 1.165) is 24.8 Å². The van der Waals surface area contributed by atoms with Gasteiger partial charge in [0.05, 0.1) is 4.90 Å². The first-order chi connectivity index (χ1) is 13.0. The van der Waals surface area contributed by atoms with Crippen LogP contribution in [0.25, 0.3) is 0 Å². The van der Waals surface area contributed by atoms with E-state index in [4.69, 9.17) is 0 Å². The number of sulfonamides is 1. The molecule has 0 radical (unpaired) electrons. The van der Waals surface area contributed by atoms with Crippen molar-refractivity contribution in [2.75, 3.05) is 11.9 Å². The van der Waals surface area contributed by atoms with E-state index in [9.17, 15) is 13.2 Å². The molecule has 2 aliphatic rings. The molecule has 0 spiro atoms. The first-order valence-electron chi connectivity index (χ1n) is 9.14. The van der Waals surface area contributed by atoms with Crippen molar-refractivity contribution in [2.45, 2.75) is 37.1 Å². The monoisotopic (exact) mass is 402 g/mol. The van der Waals surface area contributed by atoms with Gasteiger partial charge in [-0.3, -0.25) is 4.79 Å². The van der Waals surface area contributed by atoms with Gasteiger partial charge >= 0.3 is 0 Å². The largest absolute Gasteiger partial charge is 0.326 e. The number of benzene rings is 1. The lowest BCUT2D eigenvalue weighted by atomic mass is 10.1. The van der Waals surface area contributed by atoms with Gasteiger partial charge in [-0.05, 0) is 60.4 Å². The van der Waals surface area contributed by atoms with Crippen LogP contribution < -0.4 is 5.32 Å². The number of allylic oxidation sites excluding steroid dienone is 2. The molecule has 4 rings (SSSR count). The van der Waals surface area contributed by atoms with E-state index in [1.54, 1.807) is 35.6 Å². The van der Waals surface area contributed by atoms with Gasteiger partial charge in [0.25, 0.3) is 0 Å². The summed E-state index contributed by atoms with van der Waals surface area (Å²) in [6, 6.07) is 8.55. The Labute approximate surface area is 163 Å². The number of anilines is 1. The second-order valence-electron chi connectivity index (χ2n) is 7.00. The second-order valence-corrected chi connectivity index (χ2v) is 9.94. The van der Waals surface area contributed by atoms with Gasteiger partial charge in [0.15, 0.2) is 0 Å². The lowest BCUT2D eigenvalue weighted by Crippen LogP contribution is -2.35. The molecule has 0 unspecified atom stereocenters. The van der Waals surface area contributed by atoms with Crippen molar-refractivity contribution in [2.24, 2.45) is 5.92 Å². The third kappa shape index (κ3) is 4.00. The molecular formula is C20H22N2O3S2. The molecule has 0 saturated heterocycles. The molecule has 0 bridgehead atoms. The number of rotatable bonds is 5. The standard InChI is InChI=1S/C20H22N2O3S2/c23-20(12-15-4-1-2-5-15)21-17-6-3-7-18(13-17)27(24,25)22-10-8-19-16(14-22)9-11-26-19/h1,3-4,6-7,9,11,13,15H,2,5,8,10,12,14H2,(H,21,23)/t15-/m0/s1. The predicted molar refractivity (Wildman–Crippen MR) is 107 cm³/mol. The maximum absolute atomic E-state index is 13.0. The molecule has 0 saturated carbocycles. The summed E-state index contributed by atoms with van der Waals surface area (Å²) in [4.78, 5) is 13.7. The molecule has 1 N–H and O–H groups in total. The van der Waals surface area contributed by atoms with Gasteiger partial charge in [-0.2, -0.15) is 4.31 Å². The summed E-state index contributed by atoms with van der Waals surface area (Å²) in [5.74, 6) is 0.201. The molecule has 2 heterocycles. The van der Waals surface area contributed by atoms with Crippen LogP contribution in [0.3, 0.4) is 0 Å². The Morgan fingerprint density at radius 3 is 3.00 bits per heavy atom. The van der Waals surface area contributed by atoms with Crippen molar-refractivity contribution in [3.8, 4) is 0 Å². The highest BCUT2D eigenvalue weighted by atomic mass is 32.2. The first kappa shape index (κ1) is 18.4. The fourth-order valence-electron chi connectivity index (χ4n) is 3.63. The van der Waals surface area contributed by atoms with Crippen LogP contribution in [0.2, 0.25) is 0 Å². The number of nitrogens with one attached hydrogen (secondary N) is 1. The van der Waals surface area contributed by atoms with Gasteiger partial charge in [-0.15, -0.1) is 11.3 Å². The summed E-state index contributed by atoms with van der Waals surface area (Å²) in [5, 5.41) is 4.85. The molecule has 27 heavy (non-hydrogen) atoms. The number of carbonyl (C=O) groups excluding carboxylic acids is 1. The summed E-state index contributed by atoms with van der Waals surface area (Å²) in [6.45, 7) is 0.895. The molecule has 2 aromatic rings. The zero-order valence-electron chi connectivity index (χ0n) is 14.9. The Morgan fingerprint density at radius 1 is 1.30 bits per heavy atom. The van der Waals surface area contributed by atoms with E-state index >= 15 is 0 Å². The van der Waals surface area contributed by atoms with Gasteiger partial charge in [0, 0.05) is 30.1 Å². The minimum atomic E-state index is -3.59. The smallest absolute Gasteiger partial charge is 0.243 e. The van der Waals surface area contributed by atoms with Crippen molar-refractivity contribution in [1.82, 2.24) is 4.31 Å². The molecule has 1 aromatic heterocycles. The molecule has 1 amide bonds. The van der Waals surface area contributed by atoms with Crippen LogP contribution in [-0.4, -0.2) is 25.2 Å². The van der Waals surface area contributed by atoms with Crippen molar-refractivity contribution >= 4 is 33.0 Å². The second kappa shape index (κ2) is 7.58. The van der Waals surface area contributed by atoms with Crippen molar-refractivity contribution in [1.29, 1.82) is 0 Å². The van der Waals surface area contributed by atoms with Gasteiger partial charge < -0.3 is 5.32 Å². The topological polar surface area (TPSA) is 66.5 Å². The lowest BCUT2D eigenvalue weighted by Gasteiger charge is -2.26. The van der Waals surface area contributed by atoms with Crippen LogP contribution in [0.4, 0.5) is 5.69 Å². The Balaban J connectivity index is 1.48. The molecule has 1 aliphatic heterocycles. The normalized spacial score (nSPS) is 19.8. The van der Waals surface area contributed by atoms with Crippen molar-refractivity contribution in [3.63, 3.8) is 0 Å². The summed E-state index contributed by atoms with van der Waals surface area (Å²) in [6.07, 6.45) is 7.38. The predicted octanol–water partition coefficient (Wildman–Crippen LogP) is 3.79. The van der Waals surface area contributed by atoms with Crippen molar-refractivity contribution < 1.29 is 13.2 Å². The zero-order valence-corrected chi connectivity index (χ0v) is 16.6. The number of fused-ring (bicyclic) bond motifs is 1. The molecule has 142 valence electrons. The molecule has 5 nitrogen and oxygen atoms in total. The third-order valence-electron chi connectivity index (χ3n) is 5.09. The maximum Gasteiger partial charge on any atom is 0.243 e. The summed E-state index contributed by atoms with van der Waals surface area (Å²) < 4.78 is 27.6. The van der Waals surface area contributed by atoms with Gasteiger partial charge in [0.2, 0.25) is 15.9 Å². The van der Waals surface area contributed by atoms with E-state index < -0.39 is 10.0 Å². The van der Waals surface area contributed by atoms with E-state index in [1.165, 1.54) is 9.18 Å². The van der Waals surface area contributed by atoms with Crippen LogP contribution in [0.1, 0.15) is 29.7 Å². The minimum Gasteiger partial charge on any atom is -0.326 e. The highest BCUT2D eigenvalue weighted by Gasteiger charge is 2.29. The van der Waals surface area contributed by atoms with Crippen LogP contribution >= 0.6 is 11.3 Å². The molecule has 7 heteroatoms. The number of thiophene rings is 1. The molecule has 1 atom stereocenters. The van der Waals surface area contributed by atoms with E-state index in [1.807, 2.05) is 11.4 Å². The quantitative estimate of drug-likeness (QED) is 0.774. The highest BCUT2D eigenvalue weighted by Crippen LogP contribution is 2.29. The van der Waals surface area contributed by atoms with Crippen LogP contribution in [0, 0.1) is 5.92 Å². The third-order valence-corrected chi connectivity index (χ3v) is 7.95. The number of amides is 1. The van der Waals surface area contributed by atoms with Crippen LogP contribution in [0.5, 0.6) is 0 Å². The number of hydrogen-bond donors (Lipinski definition) is 1. The van der Waals surface area contributed by atoms with Gasteiger partial charge in [0.1, 0.15) is 0 Å². The Morgan fingerprint density at radius 2 is 2.19 bits per heavy atom. The van der Waals surface area contributed by atoms with Crippen LogP contribution in [-0.2, 0) is 27.8 Å². The molecular weight excluding hydrogens is 380 g/mol. The Hall–Kier alpha value is -1.96. The maximum atomic E-state index is 13.0. The highest BCUT2D eigenvalue weighted by molar-refractivity contribution is 7.89. The average Bonchev–Trinajstić information content (AvgIpc) is 3.32. The summed E-state index contributed by atoms with van der Waals surface area (Å²) in [5.41, 5.74) is 1.61. The van der Waals surface area contributed by atoms with E-state index in [2.05, 4.69) is 17.5 Å². The first-order valence-corrected chi connectivity index (χ1v) is 11.5. The average molecular weight is 403 g/mol. The van der Waals surface area contributed by atoms with Crippen LogP contribution in [0.15, 0.2) is 52.8 Å². The molecule has 1 aliphatic carbocycles. The molecule has 1 aromatic carbocycles. The number of carbonyl (C=O) groups is 1. The minimum absolute atomic E-state index is 0.0815. The number of hydrogen-bond acceptors (Lipinski definition) is 4. The van der Waals surface area contributed by atoms with E-state index in [-0.39, 0.29) is 16.7 Å². The Kier molecular flexibility index (Phi) is 5.16. The van der Waals surface area contributed by atoms with Gasteiger partial charge in [-0.1, -0.05) is 18.2 Å². The fourth-order valence-corrected chi connectivity index (χ4v) is 5.98. The zero-order chi connectivity index (χ0) is 18.9. The summed E-state index contributed by atoms with van der Waals surface area (Å²) >= 11 is 1.68. The summed E-state index contributed by atoms with van der Waals surface area (Å²) in [7, 11) is -3.59. The Bertz CT molecular complexity index is 979. The molecule has 0 fully saturated rings. The number of nitrogens with zero attached hydrogens (tertiary/aromatic N) is 1. The lowest BCUT2D eigenvalue weighted by molar-refractivity contribution is -0.116. The van der Waals surface area contributed by atoms with E-state index in [0.29, 0.717) is 25.2 Å². The SMILES string of the molecule is O=C(C[C@H]1C=CCC1)Nc1cccc(S(=O)(=O)N2CCc3sccc3C2)c1. The van der Waals surface area contributed by atoms with Crippen molar-refractivity contribution in [3.05, 3.63) is 58.3 Å². The fraction of sp³-hybridized carbons (Fsp3) is 0.350. The van der Waals surface area contributed by atoms with Gasteiger partial charge in [-0.25, -0.2) is 8.42 Å².